The highest BCUT2D eigenvalue weighted by Gasteiger charge is 2.25. The minimum absolute atomic E-state index is 0.130. The lowest BCUT2D eigenvalue weighted by Gasteiger charge is -2.21. The average molecular weight is 399 g/mol. The number of carbonyl (C=O) groups excluding carboxylic acids is 2. The second-order valence-electron chi connectivity index (χ2n) is 6.80. The van der Waals surface area contributed by atoms with Crippen LogP contribution in [0.1, 0.15) is 50.1 Å². The number of amides is 2. The van der Waals surface area contributed by atoms with E-state index in [1.165, 1.54) is 23.5 Å². The van der Waals surface area contributed by atoms with E-state index in [1.54, 1.807) is 12.1 Å². The number of anilines is 1. The van der Waals surface area contributed by atoms with E-state index in [1.807, 2.05) is 59.9 Å². The van der Waals surface area contributed by atoms with Crippen molar-refractivity contribution in [3.8, 4) is 0 Å². The Bertz CT molecular complexity index is 828. The van der Waals surface area contributed by atoms with Crippen molar-refractivity contribution in [2.24, 2.45) is 0 Å². The number of hydrogen-bond acceptors (Lipinski definition) is 4. The van der Waals surface area contributed by atoms with Gasteiger partial charge in [0, 0.05) is 11.6 Å². The predicted molar refractivity (Wildman–Crippen MR) is 114 cm³/mol. The zero-order valence-corrected chi connectivity index (χ0v) is 16.6. The van der Waals surface area contributed by atoms with E-state index in [0.717, 1.165) is 12.8 Å². The number of benzene rings is 2. The minimum Gasteiger partial charge on any atom is -0.349 e. The molecule has 140 valence electrons. The van der Waals surface area contributed by atoms with Gasteiger partial charge in [0.15, 0.2) is 0 Å². The van der Waals surface area contributed by atoms with E-state index in [-0.39, 0.29) is 17.9 Å². The molecule has 1 heterocycles. The highest BCUT2D eigenvalue weighted by atomic mass is 32.2. The second kappa shape index (κ2) is 8.40. The number of carbonyl (C=O) groups is 2. The zero-order chi connectivity index (χ0) is 18.6. The summed E-state index contributed by atoms with van der Waals surface area (Å²) in [5.74, 6) is 2.06. The van der Waals surface area contributed by atoms with E-state index < -0.39 is 0 Å². The first-order valence-corrected chi connectivity index (χ1v) is 11.3. The quantitative estimate of drug-likeness (QED) is 0.766. The van der Waals surface area contributed by atoms with Crippen LogP contribution in [0, 0.1) is 0 Å². The summed E-state index contributed by atoms with van der Waals surface area (Å²) in [5.41, 5.74) is 2.90. The van der Waals surface area contributed by atoms with Gasteiger partial charge in [-0.15, -0.1) is 23.5 Å². The molecule has 6 heteroatoms. The molecular formula is C21H22N2O2S2. The number of rotatable bonds is 5. The molecule has 1 saturated heterocycles. The van der Waals surface area contributed by atoms with Gasteiger partial charge in [-0.05, 0) is 60.6 Å². The Morgan fingerprint density at radius 1 is 0.889 bits per heavy atom. The van der Waals surface area contributed by atoms with Crippen LogP contribution in [0.5, 0.6) is 0 Å². The van der Waals surface area contributed by atoms with Crippen LogP contribution in [0.25, 0.3) is 0 Å². The van der Waals surface area contributed by atoms with Crippen LogP contribution < -0.4 is 10.6 Å². The molecule has 2 fully saturated rings. The summed E-state index contributed by atoms with van der Waals surface area (Å²) in [4.78, 5) is 25.0. The number of nitrogens with one attached hydrogen (secondary N) is 2. The molecule has 27 heavy (non-hydrogen) atoms. The lowest BCUT2D eigenvalue weighted by molar-refractivity contribution is 0.0952. The van der Waals surface area contributed by atoms with Gasteiger partial charge in [-0.25, -0.2) is 0 Å². The number of thioether (sulfide) groups is 2. The van der Waals surface area contributed by atoms with Crippen molar-refractivity contribution < 1.29 is 9.59 Å². The third-order valence-electron chi connectivity index (χ3n) is 4.60. The molecule has 0 aromatic heterocycles. The van der Waals surface area contributed by atoms with E-state index in [0.29, 0.717) is 21.4 Å². The Hall–Kier alpha value is -1.92. The molecule has 0 atom stereocenters. The van der Waals surface area contributed by atoms with Crippen LogP contribution in [0.3, 0.4) is 0 Å². The largest absolute Gasteiger partial charge is 0.349 e. The summed E-state index contributed by atoms with van der Waals surface area (Å²) in [7, 11) is 0. The van der Waals surface area contributed by atoms with Crippen molar-refractivity contribution in [2.45, 2.75) is 29.9 Å². The Kier molecular flexibility index (Phi) is 5.74. The molecule has 2 aromatic rings. The van der Waals surface area contributed by atoms with Gasteiger partial charge < -0.3 is 10.6 Å². The molecule has 2 aromatic carbocycles. The monoisotopic (exact) mass is 398 g/mol. The van der Waals surface area contributed by atoms with Gasteiger partial charge in [0.25, 0.3) is 11.8 Å². The van der Waals surface area contributed by atoms with Gasteiger partial charge in [-0.2, -0.15) is 0 Å². The second-order valence-corrected chi connectivity index (χ2v) is 9.52. The Labute approximate surface area is 167 Å². The first-order chi connectivity index (χ1) is 13.2. The molecule has 4 rings (SSSR count). The number of para-hydroxylation sites is 1. The van der Waals surface area contributed by atoms with Gasteiger partial charge in [0.2, 0.25) is 0 Å². The summed E-state index contributed by atoms with van der Waals surface area (Å²) >= 11 is 3.93. The molecule has 1 aliphatic heterocycles. The fourth-order valence-corrected chi connectivity index (χ4v) is 5.84. The molecule has 0 bridgehead atoms. The van der Waals surface area contributed by atoms with Crippen molar-refractivity contribution in [1.29, 1.82) is 0 Å². The summed E-state index contributed by atoms with van der Waals surface area (Å²) < 4.78 is 0.461. The fourth-order valence-electron chi connectivity index (χ4n) is 2.95. The molecule has 2 amide bonds. The maximum absolute atomic E-state index is 12.7. The summed E-state index contributed by atoms with van der Waals surface area (Å²) in [6, 6.07) is 15.2. The van der Waals surface area contributed by atoms with Crippen molar-refractivity contribution in [3.05, 3.63) is 65.2 Å². The summed E-state index contributed by atoms with van der Waals surface area (Å²) in [6.45, 7) is 0. The van der Waals surface area contributed by atoms with Crippen LogP contribution in [0.2, 0.25) is 0 Å². The van der Waals surface area contributed by atoms with E-state index in [9.17, 15) is 9.59 Å². The van der Waals surface area contributed by atoms with Gasteiger partial charge >= 0.3 is 0 Å². The molecule has 0 unspecified atom stereocenters. The number of hydrogen-bond donors (Lipinski definition) is 2. The topological polar surface area (TPSA) is 58.2 Å². The smallest absolute Gasteiger partial charge is 0.255 e. The third-order valence-corrected chi connectivity index (χ3v) is 7.62. The van der Waals surface area contributed by atoms with Gasteiger partial charge in [-0.1, -0.05) is 24.3 Å². The van der Waals surface area contributed by atoms with Crippen molar-refractivity contribution in [3.63, 3.8) is 0 Å². The molecule has 1 saturated carbocycles. The van der Waals surface area contributed by atoms with Crippen LogP contribution in [-0.4, -0.2) is 29.4 Å². The van der Waals surface area contributed by atoms with Gasteiger partial charge in [0.1, 0.15) is 0 Å². The van der Waals surface area contributed by atoms with Crippen LogP contribution >= 0.6 is 23.5 Å². The summed E-state index contributed by atoms with van der Waals surface area (Å²) in [5, 5.41) is 5.86. The SMILES string of the molecule is O=C(Nc1ccccc1C(=O)NC1CC1)c1ccc(C2SCCCS2)cc1. The minimum atomic E-state index is -0.197. The Balaban J connectivity index is 1.45. The standard InChI is InChI=1S/C21H22N2O2S2/c24-19(14-6-8-15(9-7-14)21-26-12-3-13-27-21)23-18-5-2-1-4-17(18)20(25)22-16-10-11-16/h1-2,4-9,16,21H,3,10-13H2,(H,22,25)(H,23,24). The molecule has 2 aliphatic rings. The van der Waals surface area contributed by atoms with Crippen molar-refractivity contribution in [2.75, 3.05) is 16.8 Å². The molecule has 4 nitrogen and oxygen atoms in total. The van der Waals surface area contributed by atoms with E-state index in [4.69, 9.17) is 0 Å². The Morgan fingerprint density at radius 3 is 2.30 bits per heavy atom. The van der Waals surface area contributed by atoms with Crippen LogP contribution in [0.4, 0.5) is 5.69 Å². The molecule has 0 spiro atoms. The molecule has 0 radical (unpaired) electrons. The molecular weight excluding hydrogens is 376 g/mol. The van der Waals surface area contributed by atoms with Crippen LogP contribution in [-0.2, 0) is 0 Å². The highest BCUT2D eigenvalue weighted by molar-refractivity contribution is 8.16. The zero-order valence-electron chi connectivity index (χ0n) is 14.9. The first kappa shape index (κ1) is 18.4. The van der Waals surface area contributed by atoms with E-state index in [2.05, 4.69) is 10.6 Å². The van der Waals surface area contributed by atoms with E-state index >= 15 is 0 Å². The van der Waals surface area contributed by atoms with Crippen LogP contribution in [0.15, 0.2) is 48.5 Å². The third kappa shape index (κ3) is 4.68. The highest BCUT2D eigenvalue weighted by Crippen LogP contribution is 2.43. The lowest BCUT2D eigenvalue weighted by Crippen LogP contribution is -2.27. The molecule has 2 N–H and O–H groups in total. The first-order valence-electron chi connectivity index (χ1n) is 9.25. The molecule has 1 aliphatic carbocycles. The predicted octanol–water partition coefficient (Wildman–Crippen LogP) is 4.70. The van der Waals surface area contributed by atoms with Crippen molar-refractivity contribution in [1.82, 2.24) is 5.32 Å². The average Bonchev–Trinajstić information content (AvgIpc) is 3.53. The fraction of sp³-hybridized carbons (Fsp3) is 0.333. The van der Waals surface area contributed by atoms with Gasteiger partial charge in [-0.3, -0.25) is 9.59 Å². The normalized spacial score (nSPS) is 17.3. The maximum atomic E-state index is 12.7. The Morgan fingerprint density at radius 2 is 1.59 bits per heavy atom. The lowest BCUT2D eigenvalue weighted by atomic mass is 10.1. The van der Waals surface area contributed by atoms with Gasteiger partial charge in [0.05, 0.1) is 15.8 Å². The van der Waals surface area contributed by atoms with Crippen molar-refractivity contribution >= 4 is 41.0 Å². The summed E-state index contributed by atoms with van der Waals surface area (Å²) in [6.07, 6.45) is 3.33. The maximum Gasteiger partial charge on any atom is 0.255 e.